The number of rotatable bonds is 5. The second kappa shape index (κ2) is 9.51. The third-order valence-corrected chi connectivity index (χ3v) is 5.28. The highest BCUT2D eigenvalue weighted by Crippen LogP contribution is 2.17. The number of nitrogens with zero attached hydrogens (tertiary/aromatic N) is 4. The third-order valence-electron chi connectivity index (χ3n) is 4.26. The first-order valence-electron chi connectivity index (χ1n) is 8.59. The minimum Gasteiger partial charge on any atom is -0.354 e. The summed E-state index contributed by atoms with van der Waals surface area (Å²) in [5, 5.41) is 15.4. The number of fused-ring (bicyclic) bond motifs is 1. The molecule has 8 heteroatoms. The van der Waals surface area contributed by atoms with Crippen LogP contribution in [-0.2, 0) is 25.9 Å². The van der Waals surface area contributed by atoms with Crippen molar-refractivity contribution < 1.29 is 0 Å². The smallest absolute Gasteiger partial charge is 0.191 e. The number of nitrogens with one attached hydrogen (secondary N) is 2. The van der Waals surface area contributed by atoms with Crippen LogP contribution in [0, 0.1) is 6.92 Å². The Bertz CT molecular complexity index is 708. The Labute approximate surface area is 170 Å². The zero-order chi connectivity index (χ0) is 16.9. The van der Waals surface area contributed by atoms with E-state index < -0.39 is 0 Å². The van der Waals surface area contributed by atoms with Crippen LogP contribution in [0.15, 0.2) is 17.1 Å². The van der Waals surface area contributed by atoms with E-state index in [9.17, 15) is 0 Å². The summed E-state index contributed by atoms with van der Waals surface area (Å²) < 4.78 is 2.24. The van der Waals surface area contributed by atoms with Crippen LogP contribution in [0.2, 0.25) is 0 Å². The van der Waals surface area contributed by atoms with Gasteiger partial charge in [0.1, 0.15) is 5.82 Å². The van der Waals surface area contributed by atoms with E-state index in [0.29, 0.717) is 12.6 Å². The molecule has 2 aromatic heterocycles. The molecular weight excluding hydrogens is 447 g/mol. The van der Waals surface area contributed by atoms with E-state index in [1.165, 1.54) is 22.6 Å². The summed E-state index contributed by atoms with van der Waals surface area (Å²) >= 11 is 1.86. The van der Waals surface area contributed by atoms with Gasteiger partial charge >= 0.3 is 0 Å². The molecule has 2 N–H and O–H groups in total. The summed E-state index contributed by atoms with van der Waals surface area (Å²) in [4.78, 5) is 7.08. The molecule has 0 spiro atoms. The van der Waals surface area contributed by atoms with Gasteiger partial charge in [0.2, 0.25) is 0 Å². The van der Waals surface area contributed by atoms with E-state index in [-0.39, 0.29) is 24.0 Å². The SMILES string of the molecule is CN=C(NCc1nnc2n1CCCC2)NC(C)Cc1ccc(C)s1.I. The molecule has 1 aliphatic rings. The Morgan fingerprint density at radius 1 is 1.36 bits per heavy atom. The van der Waals surface area contributed by atoms with Crippen LogP contribution >= 0.6 is 35.3 Å². The van der Waals surface area contributed by atoms with E-state index in [2.05, 4.69) is 56.4 Å². The van der Waals surface area contributed by atoms with Gasteiger partial charge in [0.25, 0.3) is 0 Å². The average Bonchev–Trinajstić information content (AvgIpc) is 3.17. The average molecular weight is 474 g/mol. The lowest BCUT2D eigenvalue weighted by molar-refractivity contribution is 0.504. The normalized spacial score (nSPS) is 15.2. The minimum absolute atomic E-state index is 0. The van der Waals surface area contributed by atoms with Crippen molar-refractivity contribution in [1.29, 1.82) is 0 Å². The zero-order valence-electron chi connectivity index (χ0n) is 15.1. The predicted molar refractivity (Wildman–Crippen MR) is 114 cm³/mol. The summed E-state index contributed by atoms with van der Waals surface area (Å²) in [6.45, 7) is 6.00. The van der Waals surface area contributed by atoms with E-state index in [1.54, 1.807) is 7.05 Å². The maximum Gasteiger partial charge on any atom is 0.191 e. The highest BCUT2D eigenvalue weighted by Gasteiger charge is 2.16. The van der Waals surface area contributed by atoms with Crippen LogP contribution in [0.3, 0.4) is 0 Å². The lowest BCUT2D eigenvalue weighted by Gasteiger charge is -2.18. The molecule has 138 valence electrons. The molecule has 0 saturated carbocycles. The molecule has 0 aromatic carbocycles. The minimum atomic E-state index is 0. The van der Waals surface area contributed by atoms with Gasteiger partial charge in [0, 0.05) is 42.2 Å². The van der Waals surface area contributed by atoms with E-state index >= 15 is 0 Å². The van der Waals surface area contributed by atoms with Crippen molar-refractivity contribution in [2.75, 3.05) is 7.05 Å². The molecular formula is C17H27IN6S. The first-order valence-corrected chi connectivity index (χ1v) is 9.41. The molecule has 0 radical (unpaired) electrons. The monoisotopic (exact) mass is 474 g/mol. The van der Waals surface area contributed by atoms with Crippen molar-refractivity contribution >= 4 is 41.3 Å². The van der Waals surface area contributed by atoms with Crippen molar-refractivity contribution in [1.82, 2.24) is 25.4 Å². The molecule has 1 atom stereocenters. The van der Waals surface area contributed by atoms with Crippen LogP contribution < -0.4 is 10.6 Å². The number of guanidine groups is 1. The second-order valence-corrected chi connectivity index (χ2v) is 7.70. The standard InChI is InChI=1S/C17H26N6S.HI/c1-12(10-14-8-7-13(2)24-14)20-17(18-3)19-11-16-22-21-15-6-4-5-9-23(15)16;/h7-8,12H,4-6,9-11H2,1-3H3,(H2,18,19,20);1H. The number of aryl methyl sites for hydroxylation is 2. The van der Waals surface area contributed by atoms with Gasteiger partial charge in [-0.15, -0.1) is 45.5 Å². The van der Waals surface area contributed by atoms with Gasteiger partial charge in [-0.3, -0.25) is 4.99 Å². The lowest BCUT2D eigenvalue weighted by atomic mass is 10.2. The summed E-state index contributed by atoms with van der Waals surface area (Å²) in [6, 6.07) is 4.70. The van der Waals surface area contributed by atoms with Crippen molar-refractivity contribution in [3.8, 4) is 0 Å². The number of halogens is 1. The van der Waals surface area contributed by atoms with Crippen LogP contribution in [0.25, 0.3) is 0 Å². The first kappa shape index (κ1) is 20.2. The van der Waals surface area contributed by atoms with Gasteiger partial charge in [-0.2, -0.15) is 0 Å². The highest BCUT2D eigenvalue weighted by atomic mass is 127. The molecule has 6 nitrogen and oxygen atoms in total. The Balaban J connectivity index is 0.00000225. The Morgan fingerprint density at radius 2 is 2.20 bits per heavy atom. The summed E-state index contributed by atoms with van der Waals surface area (Å²) in [5.74, 6) is 2.92. The summed E-state index contributed by atoms with van der Waals surface area (Å²) in [6.07, 6.45) is 4.47. The molecule has 0 saturated heterocycles. The van der Waals surface area contributed by atoms with Gasteiger partial charge < -0.3 is 15.2 Å². The predicted octanol–water partition coefficient (Wildman–Crippen LogP) is 2.90. The van der Waals surface area contributed by atoms with Crippen molar-refractivity contribution in [3.63, 3.8) is 0 Å². The number of thiophene rings is 1. The molecule has 3 rings (SSSR count). The topological polar surface area (TPSA) is 67.1 Å². The van der Waals surface area contributed by atoms with E-state index in [1.807, 2.05) is 11.3 Å². The van der Waals surface area contributed by atoms with Gasteiger partial charge in [0.15, 0.2) is 11.8 Å². The van der Waals surface area contributed by atoms with Crippen LogP contribution in [0.4, 0.5) is 0 Å². The third kappa shape index (κ3) is 5.40. The molecule has 1 unspecified atom stereocenters. The summed E-state index contributed by atoms with van der Waals surface area (Å²) in [7, 11) is 1.80. The largest absolute Gasteiger partial charge is 0.354 e. The number of hydrogen-bond donors (Lipinski definition) is 2. The molecule has 0 bridgehead atoms. The van der Waals surface area contributed by atoms with Crippen molar-refractivity contribution in [2.45, 2.75) is 58.7 Å². The summed E-state index contributed by atoms with van der Waals surface area (Å²) in [5.41, 5.74) is 0. The fourth-order valence-corrected chi connectivity index (χ4v) is 4.06. The zero-order valence-corrected chi connectivity index (χ0v) is 18.2. The number of hydrogen-bond acceptors (Lipinski definition) is 4. The molecule has 3 heterocycles. The molecule has 0 fully saturated rings. The van der Waals surface area contributed by atoms with Gasteiger partial charge in [-0.1, -0.05) is 0 Å². The Hall–Kier alpha value is -1.16. The Kier molecular flexibility index (Phi) is 7.67. The van der Waals surface area contributed by atoms with Crippen molar-refractivity contribution in [2.24, 2.45) is 4.99 Å². The molecule has 2 aromatic rings. The maximum absolute atomic E-state index is 4.33. The number of aromatic nitrogens is 3. The van der Waals surface area contributed by atoms with E-state index in [4.69, 9.17) is 0 Å². The maximum atomic E-state index is 4.33. The quantitative estimate of drug-likeness (QED) is 0.398. The first-order chi connectivity index (χ1) is 11.7. The fourth-order valence-electron chi connectivity index (χ4n) is 3.04. The molecule has 25 heavy (non-hydrogen) atoms. The highest BCUT2D eigenvalue weighted by molar-refractivity contribution is 14.0. The lowest BCUT2D eigenvalue weighted by Crippen LogP contribution is -2.43. The van der Waals surface area contributed by atoms with Gasteiger partial charge in [0.05, 0.1) is 6.54 Å². The molecule has 1 aliphatic heterocycles. The van der Waals surface area contributed by atoms with Gasteiger partial charge in [-0.25, -0.2) is 0 Å². The van der Waals surface area contributed by atoms with Crippen molar-refractivity contribution in [3.05, 3.63) is 33.5 Å². The molecule has 0 amide bonds. The second-order valence-electron chi connectivity index (χ2n) is 6.33. The molecule has 0 aliphatic carbocycles. The van der Waals surface area contributed by atoms with Crippen LogP contribution in [0.5, 0.6) is 0 Å². The Morgan fingerprint density at radius 3 is 2.92 bits per heavy atom. The fraction of sp³-hybridized carbons (Fsp3) is 0.588. The van der Waals surface area contributed by atoms with E-state index in [0.717, 1.165) is 37.0 Å². The van der Waals surface area contributed by atoms with Crippen LogP contribution in [-0.4, -0.2) is 33.8 Å². The number of aliphatic imine (C=N–C) groups is 1. The van der Waals surface area contributed by atoms with Gasteiger partial charge in [-0.05, 0) is 38.8 Å². The van der Waals surface area contributed by atoms with Crippen LogP contribution in [0.1, 0.15) is 41.2 Å².